The molecule has 1 aliphatic carbocycles. The topological polar surface area (TPSA) is 122 Å². The molecule has 1 saturated heterocycles. The minimum Gasteiger partial charge on any atom is -0.399 e. The largest absolute Gasteiger partial charge is 0.419 e. The first-order chi connectivity index (χ1) is 22.2. The molecule has 46 heavy (non-hydrogen) atoms. The number of benzene rings is 1. The summed E-state index contributed by atoms with van der Waals surface area (Å²) in [6.45, 7) is 6.97. The summed E-state index contributed by atoms with van der Waals surface area (Å²) in [6.07, 6.45) is 4.79. The zero-order chi connectivity index (χ0) is 32.4. The molecule has 1 fully saturated rings. The van der Waals surface area contributed by atoms with E-state index in [2.05, 4.69) is 25.5 Å². The van der Waals surface area contributed by atoms with Gasteiger partial charge in [-0.15, -0.1) is 11.3 Å². The summed E-state index contributed by atoms with van der Waals surface area (Å²) >= 11 is 1.43. The van der Waals surface area contributed by atoms with Crippen LogP contribution in [0.4, 0.5) is 26.5 Å². The quantitative estimate of drug-likeness (QED) is 0.258. The normalized spacial score (nSPS) is 16.7. The molecule has 1 unspecified atom stereocenters. The number of pyridine rings is 1. The lowest BCUT2D eigenvalue weighted by Crippen LogP contribution is -2.51. The number of thiophene rings is 1. The van der Waals surface area contributed by atoms with E-state index < -0.39 is 11.9 Å². The number of nitrogens with zero attached hydrogens (tertiary/aromatic N) is 5. The van der Waals surface area contributed by atoms with Crippen LogP contribution < -0.4 is 20.9 Å². The van der Waals surface area contributed by atoms with Crippen molar-refractivity contribution in [3.05, 3.63) is 80.8 Å². The molecule has 0 bridgehead atoms. The zero-order valence-electron chi connectivity index (χ0n) is 26.0. The van der Waals surface area contributed by atoms with Crippen molar-refractivity contribution in [1.29, 1.82) is 0 Å². The SMILES string of the molecule is CCN1CCN(CC)C(c2ccc(Nc3nc(-c4ccc(F)c(NC(=O)Oc5cc6c(s5)CCCC6)n4)cn(C)c3=O)cc2)C1=O. The van der Waals surface area contributed by atoms with Gasteiger partial charge in [-0.3, -0.25) is 19.8 Å². The van der Waals surface area contributed by atoms with Crippen LogP contribution in [0.15, 0.2) is 53.5 Å². The van der Waals surface area contributed by atoms with Crippen LogP contribution in [-0.2, 0) is 24.7 Å². The number of carbonyl (C=O) groups is 2. The van der Waals surface area contributed by atoms with E-state index in [0.717, 1.165) is 44.3 Å². The highest BCUT2D eigenvalue weighted by atomic mass is 32.1. The number of hydrogen-bond acceptors (Lipinski definition) is 9. The van der Waals surface area contributed by atoms with Crippen LogP contribution in [0.3, 0.4) is 0 Å². The van der Waals surface area contributed by atoms with Gasteiger partial charge in [0.05, 0.1) is 5.69 Å². The second-order valence-electron chi connectivity index (χ2n) is 11.3. The molecule has 11 nitrogen and oxygen atoms in total. The number of halogens is 1. The number of anilines is 3. The fraction of sp³-hybridized carbons (Fsp3) is 0.364. The van der Waals surface area contributed by atoms with Gasteiger partial charge in [-0.1, -0.05) is 19.1 Å². The first kappa shape index (κ1) is 31.4. The molecule has 0 radical (unpaired) electrons. The Labute approximate surface area is 270 Å². The van der Waals surface area contributed by atoms with E-state index >= 15 is 0 Å². The number of nitrogens with one attached hydrogen (secondary N) is 2. The Kier molecular flexibility index (Phi) is 9.13. The summed E-state index contributed by atoms with van der Waals surface area (Å²) in [6, 6.07) is 11.5. The third-order valence-electron chi connectivity index (χ3n) is 8.41. The van der Waals surface area contributed by atoms with Crippen LogP contribution in [0.25, 0.3) is 11.4 Å². The first-order valence-electron chi connectivity index (χ1n) is 15.5. The van der Waals surface area contributed by atoms with Crippen LogP contribution >= 0.6 is 11.3 Å². The van der Waals surface area contributed by atoms with Gasteiger partial charge in [-0.2, -0.15) is 0 Å². The van der Waals surface area contributed by atoms with Gasteiger partial charge in [-0.05, 0) is 80.6 Å². The number of hydrogen-bond donors (Lipinski definition) is 2. The second-order valence-corrected chi connectivity index (χ2v) is 12.4. The summed E-state index contributed by atoms with van der Waals surface area (Å²) in [5.74, 6) is -0.937. The molecule has 1 atom stereocenters. The van der Waals surface area contributed by atoms with Crippen LogP contribution in [0.5, 0.6) is 5.06 Å². The molecule has 4 heterocycles. The van der Waals surface area contributed by atoms with Crippen molar-refractivity contribution in [2.45, 2.75) is 45.6 Å². The van der Waals surface area contributed by atoms with Crippen molar-refractivity contribution >= 4 is 40.7 Å². The number of amides is 2. The Balaban J connectivity index is 1.19. The summed E-state index contributed by atoms with van der Waals surface area (Å²) in [5, 5.41) is 5.93. The van der Waals surface area contributed by atoms with Crippen molar-refractivity contribution in [3.63, 3.8) is 0 Å². The predicted molar refractivity (Wildman–Crippen MR) is 175 cm³/mol. The third kappa shape index (κ3) is 6.51. The minimum atomic E-state index is -0.847. The van der Waals surface area contributed by atoms with Gasteiger partial charge in [-0.25, -0.2) is 19.2 Å². The number of rotatable bonds is 8. The summed E-state index contributed by atoms with van der Waals surface area (Å²) in [5.41, 5.74) is 2.82. The van der Waals surface area contributed by atoms with Crippen LogP contribution in [0.1, 0.15) is 48.7 Å². The van der Waals surface area contributed by atoms with Gasteiger partial charge in [0.2, 0.25) is 5.91 Å². The van der Waals surface area contributed by atoms with Crippen LogP contribution in [0.2, 0.25) is 0 Å². The molecular weight excluding hydrogens is 609 g/mol. The number of ether oxygens (including phenoxy) is 1. The molecule has 240 valence electrons. The zero-order valence-corrected chi connectivity index (χ0v) is 26.8. The lowest BCUT2D eigenvalue weighted by atomic mass is 10.00. The van der Waals surface area contributed by atoms with Crippen molar-refractivity contribution in [1.82, 2.24) is 24.3 Å². The van der Waals surface area contributed by atoms with Crippen molar-refractivity contribution in [2.75, 3.05) is 36.8 Å². The Morgan fingerprint density at radius 3 is 2.50 bits per heavy atom. The van der Waals surface area contributed by atoms with Crippen molar-refractivity contribution in [3.8, 4) is 16.5 Å². The number of piperazine rings is 1. The summed E-state index contributed by atoms with van der Waals surface area (Å²) in [7, 11) is 1.58. The van der Waals surface area contributed by atoms with Gasteiger partial charge in [0.25, 0.3) is 5.56 Å². The molecule has 6 rings (SSSR count). The standard InChI is InChI=1S/C33H36FN7O4S/c1-4-40-16-17-41(5-2)31(42)28(40)20-10-12-22(13-11-20)35-30-32(43)39(3)19-25(37-30)24-15-14-23(34)29(36-24)38-33(44)45-27-18-21-8-6-7-9-26(21)46-27/h10-15,18-19,28H,4-9,16-17H2,1-3H3,(H,35,37)(H,36,38,44). The number of aromatic nitrogens is 3. The van der Waals surface area contributed by atoms with Gasteiger partial charge in [0.15, 0.2) is 22.5 Å². The fourth-order valence-electron chi connectivity index (χ4n) is 5.92. The predicted octanol–water partition coefficient (Wildman–Crippen LogP) is 5.50. The molecule has 1 aliphatic heterocycles. The Hall–Kier alpha value is -4.62. The Bertz CT molecular complexity index is 1800. The highest BCUT2D eigenvalue weighted by Gasteiger charge is 2.34. The number of carbonyl (C=O) groups excluding carboxylic acids is 2. The molecule has 2 aliphatic rings. The van der Waals surface area contributed by atoms with E-state index in [1.165, 1.54) is 44.7 Å². The molecule has 1 aromatic carbocycles. The highest BCUT2D eigenvalue weighted by Crippen LogP contribution is 2.35. The number of likely N-dealkylation sites (N-methyl/N-ethyl adjacent to an activating group) is 2. The van der Waals surface area contributed by atoms with Crippen LogP contribution in [0, 0.1) is 5.82 Å². The van der Waals surface area contributed by atoms with E-state index in [1.54, 1.807) is 7.05 Å². The number of fused-ring (bicyclic) bond motifs is 1. The molecule has 2 N–H and O–H groups in total. The number of aryl methyl sites for hydroxylation is 3. The van der Waals surface area contributed by atoms with E-state index in [0.29, 0.717) is 23.8 Å². The first-order valence-corrected chi connectivity index (χ1v) is 16.3. The lowest BCUT2D eigenvalue weighted by molar-refractivity contribution is -0.141. The van der Waals surface area contributed by atoms with Crippen molar-refractivity contribution in [2.24, 2.45) is 7.05 Å². The van der Waals surface area contributed by atoms with Crippen LogP contribution in [-0.4, -0.2) is 62.5 Å². The molecule has 0 spiro atoms. The molecule has 4 aromatic rings. The van der Waals surface area contributed by atoms with E-state index in [4.69, 9.17) is 4.74 Å². The Morgan fingerprint density at radius 1 is 1.00 bits per heavy atom. The summed E-state index contributed by atoms with van der Waals surface area (Å²) < 4.78 is 21.5. The van der Waals surface area contributed by atoms with E-state index in [9.17, 15) is 18.8 Å². The molecule has 3 aromatic heterocycles. The molecular formula is C33H36FN7O4S. The maximum atomic E-state index is 14.7. The molecule has 13 heteroatoms. The van der Waals surface area contributed by atoms with Gasteiger partial charge in [0, 0.05) is 43.4 Å². The maximum Gasteiger partial charge on any atom is 0.419 e. The monoisotopic (exact) mass is 645 g/mol. The molecule has 0 saturated carbocycles. The third-order valence-corrected chi connectivity index (χ3v) is 9.53. The smallest absolute Gasteiger partial charge is 0.399 e. The average Bonchev–Trinajstić information content (AvgIpc) is 3.46. The van der Waals surface area contributed by atoms with E-state index in [-0.39, 0.29) is 40.5 Å². The average molecular weight is 646 g/mol. The van der Waals surface area contributed by atoms with Gasteiger partial charge >= 0.3 is 6.09 Å². The van der Waals surface area contributed by atoms with E-state index in [1.807, 2.05) is 49.1 Å². The second kappa shape index (κ2) is 13.4. The minimum absolute atomic E-state index is 0.0375. The highest BCUT2D eigenvalue weighted by molar-refractivity contribution is 7.14. The lowest BCUT2D eigenvalue weighted by Gasteiger charge is -2.40. The van der Waals surface area contributed by atoms with Crippen molar-refractivity contribution < 1.29 is 18.7 Å². The Morgan fingerprint density at radius 2 is 1.76 bits per heavy atom. The molecule has 2 amide bonds. The van der Waals surface area contributed by atoms with Gasteiger partial charge in [0.1, 0.15) is 11.7 Å². The maximum absolute atomic E-state index is 14.7. The summed E-state index contributed by atoms with van der Waals surface area (Å²) in [4.78, 5) is 52.8. The fourth-order valence-corrected chi connectivity index (χ4v) is 7.02. The van der Waals surface area contributed by atoms with Gasteiger partial charge < -0.3 is 19.5 Å².